The van der Waals surface area contributed by atoms with Gasteiger partial charge < -0.3 is 25.8 Å². The Morgan fingerprint density at radius 1 is 1.37 bits per heavy atom. The molecule has 168 valence electrons. The quantitative estimate of drug-likeness (QED) is 0.274. The molecule has 2 rings (SSSR count). The van der Waals surface area contributed by atoms with Gasteiger partial charge in [0.1, 0.15) is 12.1 Å². The lowest BCUT2D eigenvalue weighted by atomic mass is 9.99. The molecule has 4 N–H and O–H groups in total. The highest BCUT2D eigenvalue weighted by Gasteiger charge is 2.31. The maximum absolute atomic E-state index is 12.9. The first-order valence-electron chi connectivity index (χ1n) is 10.7. The maximum atomic E-state index is 12.9. The van der Waals surface area contributed by atoms with Gasteiger partial charge in [0.15, 0.2) is 0 Å². The first kappa shape index (κ1) is 24.7. The zero-order valence-corrected chi connectivity index (χ0v) is 18.8. The fourth-order valence-electron chi connectivity index (χ4n) is 3.24. The Morgan fingerprint density at radius 3 is 2.70 bits per heavy atom. The molecule has 1 fully saturated rings. The first-order chi connectivity index (χ1) is 14.4. The van der Waals surface area contributed by atoms with Gasteiger partial charge in [0.25, 0.3) is 0 Å². The summed E-state index contributed by atoms with van der Waals surface area (Å²) in [5, 5.41) is 6.24. The molecule has 5 atom stereocenters. The first-order valence-corrected chi connectivity index (χ1v) is 11.3. The van der Waals surface area contributed by atoms with E-state index in [1.165, 1.54) is 0 Å². The molecule has 1 heterocycles. The van der Waals surface area contributed by atoms with Crippen LogP contribution in [0.2, 0.25) is 0 Å². The second-order valence-electron chi connectivity index (χ2n) is 7.87. The van der Waals surface area contributed by atoms with Crippen LogP contribution in [0.25, 0.3) is 0 Å². The molecular weight excluding hydrogens is 402 g/mol. The molecule has 0 saturated carbocycles. The smallest absolute Gasteiger partial charge is 0.328 e. The summed E-state index contributed by atoms with van der Waals surface area (Å²) < 4.78 is 11.1. The molecule has 0 aliphatic carbocycles. The summed E-state index contributed by atoms with van der Waals surface area (Å²) >= 11 is 4.24. The third kappa shape index (κ3) is 7.91. The van der Waals surface area contributed by atoms with Gasteiger partial charge in [0.05, 0.1) is 13.2 Å². The van der Waals surface area contributed by atoms with E-state index in [2.05, 4.69) is 37.1 Å². The number of hydrogen-bond donors (Lipinski definition) is 4. The monoisotopic (exact) mass is 437 g/mol. The molecule has 0 spiro atoms. The molecule has 0 aromatic heterocycles. The minimum Gasteiger partial charge on any atom is -0.464 e. The van der Waals surface area contributed by atoms with Crippen LogP contribution in [0.1, 0.15) is 32.3 Å². The summed E-state index contributed by atoms with van der Waals surface area (Å²) in [5.74, 6) is 0.263. The van der Waals surface area contributed by atoms with Crippen LogP contribution in [0, 0.1) is 5.92 Å². The van der Waals surface area contributed by atoms with Crippen LogP contribution in [0.5, 0.6) is 0 Å². The zero-order valence-electron chi connectivity index (χ0n) is 17.9. The van der Waals surface area contributed by atoms with E-state index in [4.69, 9.17) is 15.2 Å². The minimum atomic E-state index is -0.701. The number of nitrogens with two attached hydrogens (primary N) is 1. The highest BCUT2D eigenvalue weighted by atomic mass is 32.1. The van der Waals surface area contributed by atoms with Crippen molar-refractivity contribution in [1.29, 1.82) is 0 Å². The highest BCUT2D eigenvalue weighted by molar-refractivity contribution is 7.80. The van der Waals surface area contributed by atoms with Gasteiger partial charge in [-0.1, -0.05) is 50.6 Å². The van der Waals surface area contributed by atoms with Crippen molar-refractivity contribution in [2.24, 2.45) is 11.7 Å². The van der Waals surface area contributed by atoms with Crippen LogP contribution in [0.3, 0.4) is 0 Å². The zero-order chi connectivity index (χ0) is 21.9. The number of ether oxygens (including phenoxy) is 2. The number of carbonyl (C=O) groups excluding carboxylic acids is 2. The van der Waals surface area contributed by atoms with Crippen molar-refractivity contribution in [2.45, 2.75) is 57.3 Å². The number of cyclic esters (lactones) is 1. The van der Waals surface area contributed by atoms with Crippen LogP contribution in [-0.2, 0) is 25.5 Å². The highest BCUT2D eigenvalue weighted by Crippen LogP contribution is 2.13. The van der Waals surface area contributed by atoms with Gasteiger partial charge in [-0.05, 0) is 11.5 Å². The van der Waals surface area contributed by atoms with E-state index >= 15 is 0 Å². The van der Waals surface area contributed by atoms with E-state index in [-0.39, 0.29) is 24.0 Å². The third-order valence-electron chi connectivity index (χ3n) is 5.49. The van der Waals surface area contributed by atoms with Gasteiger partial charge >= 0.3 is 5.97 Å². The average Bonchev–Trinajstić information content (AvgIpc) is 3.16. The number of benzene rings is 1. The molecule has 1 aromatic carbocycles. The van der Waals surface area contributed by atoms with Gasteiger partial charge in [0.2, 0.25) is 5.91 Å². The number of carbonyl (C=O) groups is 2. The number of rotatable bonds is 13. The number of nitrogens with one attached hydrogen (secondary N) is 2. The van der Waals surface area contributed by atoms with E-state index in [9.17, 15) is 9.59 Å². The number of hydrogen-bond acceptors (Lipinski definition) is 7. The molecule has 3 unspecified atom stereocenters. The number of amides is 1. The summed E-state index contributed by atoms with van der Waals surface area (Å²) in [5.41, 5.74) is 6.98. The molecule has 7 nitrogen and oxygen atoms in total. The Bertz CT molecular complexity index is 661. The normalized spacial score (nSPS) is 20.3. The van der Waals surface area contributed by atoms with E-state index in [0.717, 1.165) is 12.0 Å². The van der Waals surface area contributed by atoms with Crippen LogP contribution < -0.4 is 16.4 Å². The van der Waals surface area contributed by atoms with Crippen molar-refractivity contribution in [1.82, 2.24) is 10.6 Å². The van der Waals surface area contributed by atoms with E-state index < -0.39 is 12.1 Å². The van der Waals surface area contributed by atoms with Gasteiger partial charge in [-0.2, -0.15) is 12.6 Å². The van der Waals surface area contributed by atoms with E-state index in [0.29, 0.717) is 44.3 Å². The summed E-state index contributed by atoms with van der Waals surface area (Å²) in [6, 6.07) is 9.13. The lowest BCUT2D eigenvalue weighted by molar-refractivity contribution is -0.143. The summed E-state index contributed by atoms with van der Waals surface area (Å²) in [6.45, 7) is 5.60. The third-order valence-corrected chi connectivity index (χ3v) is 5.96. The molecule has 0 bridgehead atoms. The molecule has 1 aromatic rings. The fourth-order valence-corrected chi connectivity index (χ4v) is 3.37. The van der Waals surface area contributed by atoms with Crippen molar-refractivity contribution in [3.05, 3.63) is 35.9 Å². The SMILES string of the molecule is CC[C@H](C)C(COC(Cc1ccccc1)C(=O)N[C@@H]1CCOC1=O)NCC(N)CS. The molecule has 0 radical (unpaired) electrons. The summed E-state index contributed by atoms with van der Waals surface area (Å²) in [7, 11) is 0. The second-order valence-corrected chi connectivity index (χ2v) is 8.24. The van der Waals surface area contributed by atoms with Gasteiger partial charge in [-0.15, -0.1) is 0 Å². The second kappa shape index (κ2) is 12.9. The topological polar surface area (TPSA) is 103 Å². The maximum Gasteiger partial charge on any atom is 0.328 e. The van der Waals surface area contributed by atoms with Gasteiger partial charge in [-0.25, -0.2) is 4.79 Å². The van der Waals surface area contributed by atoms with Gasteiger partial charge in [-0.3, -0.25) is 4.79 Å². The van der Waals surface area contributed by atoms with Crippen LogP contribution >= 0.6 is 12.6 Å². The van der Waals surface area contributed by atoms with Crippen LogP contribution in [0.4, 0.5) is 0 Å². The molecule has 1 aliphatic rings. The Morgan fingerprint density at radius 2 is 2.10 bits per heavy atom. The molecule has 1 aliphatic heterocycles. The lowest BCUT2D eigenvalue weighted by Crippen LogP contribution is -2.49. The molecular formula is C22H35N3O4S. The Balaban J connectivity index is 2.03. The van der Waals surface area contributed by atoms with Crippen molar-refractivity contribution >= 4 is 24.5 Å². The summed E-state index contributed by atoms with van der Waals surface area (Å²) in [4.78, 5) is 24.7. The number of esters is 1. The predicted octanol–water partition coefficient (Wildman–Crippen LogP) is 1.31. The average molecular weight is 438 g/mol. The van der Waals surface area contributed by atoms with Gasteiger partial charge in [0, 0.05) is 37.2 Å². The van der Waals surface area contributed by atoms with E-state index in [1.807, 2.05) is 30.3 Å². The molecule has 1 amide bonds. The van der Waals surface area contributed by atoms with Crippen molar-refractivity contribution in [2.75, 3.05) is 25.5 Å². The van der Waals surface area contributed by atoms with Crippen molar-refractivity contribution in [3.63, 3.8) is 0 Å². The molecule has 1 saturated heterocycles. The Labute approximate surface area is 184 Å². The minimum absolute atomic E-state index is 0.0447. The Hall–Kier alpha value is -1.61. The predicted molar refractivity (Wildman–Crippen MR) is 120 cm³/mol. The largest absolute Gasteiger partial charge is 0.464 e. The Kier molecular flexibility index (Phi) is 10.6. The van der Waals surface area contributed by atoms with Crippen molar-refractivity contribution in [3.8, 4) is 0 Å². The van der Waals surface area contributed by atoms with Crippen LogP contribution in [0.15, 0.2) is 30.3 Å². The lowest BCUT2D eigenvalue weighted by Gasteiger charge is -2.28. The molecule has 30 heavy (non-hydrogen) atoms. The van der Waals surface area contributed by atoms with E-state index in [1.54, 1.807) is 0 Å². The molecule has 8 heteroatoms. The fraction of sp³-hybridized carbons (Fsp3) is 0.636. The summed E-state index contributed by atoms with van der Waals surface area (Å²) in [6.07, 6.45) is 1.19. The van der Waals surface area contributed by atoms with Crippen molar-refractivity contribution < 1.29 is 19.1 Å². The van der Waals surface area contributed by atoms with Crippen LogP contribution in [-0.4, -0.2) is 61.6 Å². The number of thiol groups is 1. The standard InChI is InChI=1S/C22H35N3O4S/c1-3-15(2)19(24-12-17(23)14-30)13-29-20(11-16-7-5-4-6-8-16)21(26)25-18-9-10-28-22(18)27/h4-8,15,17-20,24,30H,3,9-14,23H2,1-2H3,(H,25,26)/t15-,17?,18+,19?,20?/m0/s1.